The highest BCUT2D eigenvalue weighted by Crippen LogP contribution is 2.21. The van der Waals surface area contributed by atoms with Gasteiger partial charge in [0.15, 0.2) is 0 Å². The summed E-state index contributed by atoms with van der Waals surface area (Å²) in [6.07, 6.45) is 4.18. The Bertz CT molecular complexity index is 520. The quantitative estimate of drug-likeness (QED) is 0.917. The molecule has 19 heavy (non-hydrogen) atoms. The van der Waals surface area contributed by atoms with E-state index in [2.05, 4.69) is 10.3 Å². The molecule has 1 unspecified atom stereocenters. The summed E-state index contributed by atoms with van der Waals surface area (Å²) in [5.74, 6) is 0. The normalized spacial score (nSPS) is 11.9. The molecule has 0 spiro atoms. The van der Waals surface area contributed by atoms with Gasteiger partial charge in [0.25, 0.3) is 0 Å². The summed E-state index contributed by atoms with van der Waals surface area (Å²) in [7, 11) is 0. The number of furan rings is 1. The number of alkyl carbamates (subject to hydrolysis) is 1. The number of carbonyl (C=O) groups is 1. The number of nitrogens with one attached hydrogen (secondary N) is 1. The van der Waals surface area contributed by atoms with Gasteiger partial charge in [-0.05, 0) is 26.0 Å². The predicted octanol–water partition coefficient (Wildman–Crippen LogP) is 3.15. The minimum atomic E-state index is -0.422. The van der Waals surface area contributed by atoms with E-state index in [1.54, 1.807) is 18.7 Å². The molecule has 0 aliphatic heterocycles. The summed E-state index contributed by atoms with van der Waals surface area (Å²) < 4.78 is 10.2. The monoisotopic (exact) mass is 260 g/mol. The Morgan fingerprint density at radius 2 is 2.32 bits per heavy atom. The Hall–Kier alpha value is -2.30. The third-order valence-corrected chi connectivity index (χ3v) is 2.68. The Morgan fingerprint density at radius 1 is 1.47 bits per heavy atom. The Kier molecular flexibility index (Phi) is 4.18. The molecule has 0 saturated heterocycles. The Labute approximate surface area is 111 Å². The van der Waals surface area contributed by atoms with Gasteiger partial charge in [-0.1, -0.05) is 6.07 Å². The van der Waals surface area contributed by atoms with Crippen LogP contribution >= 0.6 is 0 Å². The third kappa shape index (κ3) is 3.34. The van der Waals surface area contributed by atoms with Crippen LogP contribution in [0.15, 0.2) is 41.3 Å². The van der Waals surface area contributed by atoms with Crippen LogP contribution in [0.4, 0.5) is 4.79 Å². The lowest BCUT2D eigenvalue weighted by atomic mass is 10.1. The molecule has 0 radical (unpaired) electrons. The highest BCUT2D eigenvalue weighted by molar-refractivity contribution is 5.67. The summed E-state index contributed by atoms with van der Waals surface area (Å²) in [6, 6.07) is 5.60. The standard InChI is InChI=1S/C14H16N2O3/c1-3-15-14(17)19-10(2)11-4-5-13(16-8-11)12-6-7-18-9-12/h4-10H,3H2,1-2H3,(H,15,17). The topological polar surface area (TPSA) is 64.4 Å². The summed E-state index contributed by atoms with van der Waals surface area (Å²) in [4.78, 5) is 15.6. The summed E-state index contributed by atoms with van der Waals surface area (Å²) >= 11 is 0. The van der Waals surface area contributed by atoms with Crippen molar-refractivity contribution in [2.24, 2.45) is 0 Å². The molecule has 1 N–H and O–H groups in total. The van der Waals surface area contributed by atoms with Crippen LogP contribution < -0.4 is 5.32 Å². The number of hydrogen-bond acceptors (Lipinski definition) is 4. The Morgan fingerprint density at radius 3 is 2.89 bits per heavy atom. The molecular formula is C14H16N2O3. The molecular weight excluding hydrogens is 244 g/mol. The van der Waals surface area contributed by atoms with Crippen LogP contribution in [0.5, 0.6) is 0 Å². The fourth-order valence-corrected chi connectivity index (χ4v) is 1.64. The fourth-order valence-electron chi connectivity index (χ4n) is 1.64. The van der Waals surface area contributed by atoms with E-state index < -0.39 is 6.09 Å². The molecule has 5 heteroatoms. The largest absolute Gasteiger partial charge is 0.472 e. The van der Waals surface area contributed by atoms with Gasteiger partial charge in [0.2, 0.25) is 0 Å². The van der Waals surface area contributed by atoms with E-state index in [1.165, 1.54) is 0 Å². The smallest absolute Gasteiger partial charge is 0.407 e. The average Bonchev–Trinajstić information content (AvgIpc) is 2.93. The molecule has 2 heterocycles. The number of pyridine rings is 1. The molecule has 2 aromatic heterocycles. The fraction of sp³-hybridized carbons (Fsp3) is 0.286. The van der Waals surface area contributed by atoms with Crippen molar-refractivity contribution in [1.29, 1.82) is 0 Å². The van der Waals surface area contributed by atoms with Crippen LogP contribution in [0.25, 0.3) is 11.3 Å². The van der Waals surface area contributed by atoms with Gasteiger partial charge in [-0.15, -0.1) is 0 Å². The minimum absolute atomic E-state index is 0.336. The number of hydrogen-bond donors (Lipinski definition) is 1. The van der Waals surface area contributed by atoms with Gasteiger partial charge < -0.3 is 14.5 Å². The van der Waals surface area contributed by atoms with Gasteiger partial charge in [0.1, 0.15) is 6.10 Å². The zero-order valence-electron chi connectivity index (χ0n) is 10.9. The van der Waals surface area contributed by atoms with E-state index in [-0.39, 0.29) is 6.10 Å². The molecule has 0 aromatic carbocycles. The molecule has 1 amide bonds. The lowest BCUT2D eigenvalue weighted by Crippen LogP contribution is -2.24. The predicted molar refractivity (Wildman–Crippen MR) is 70.5 cm³/mol. The maximum absolute atomic E-state index is 11.3. The first-order valence-corrected chi connectivity index (χ1v) is 6.13. The van der Waals surface area contributed by atoms with Gasteiger partial charge in [-0.2, -0.15) is 0 Å². The second-order valence-corrected chi connectivity index (χ2v) is 4.07. The van der Waals surface area contributed by atoms with Crippen LogP contribution in [-0.4, -0.2) is 17.6 Å². The zero-order chi connectivity index (χ0) is 13.7. The Balaban J connectivity index is 2.04. The number of carbonyl (C=O) groups excluding carboxylic acids is 1. The lowest BCUT2D eigenvalue weighted by molar-refractivity contribution is 0.107. The van der Waals surface area contributed by atoms with Crippen molar-refractivity contribution >= 4 is 6.09 Å². The van der Waals surface area contributed by atoms with Crippen molar-refractivity contribution in [2.75, 3.05) is 6.54 Å². The van der Waals surface area contributed by atoms with E-state index >= 15 is 0 Å². The molecule has 2 rings (SSSR count). The SMILES string of the molecule is CCNC(=O)OC(C)c1ccc(-c2ccoc2)nc1. The minimum Gasteiger partial charge on any atom is -0.472 e. The first-order valence-electron chi connectivity index (χ1n) is 6.13. The molecule has 5 nitrogen and oxygen atoms in total. The van der Waals surface area contributed by atoms with Crippen LogP contribution in [0.3, 0.4) is 0 Å². The molecule has 0 fully saturated rings. The average molecular weight is 260 g/mol. The van der Waals surface area contributed by atoms with E-state index in [4.69, 9.17) is 9.15 Å². The molecule has 0 saturated carbocycles. The number of nitrogens with zero attached hydrogens (tertiary/aromatic N) is 1. The molecule has 0 bridgehead atoms. The van der Waals surface area contributed by atoms with Crippen LogP contribution in [0.1, 0.15) is 25.5 Å². The highest BCUT2D eigenvalue weighted by Gasteiger charge is 2.11. The molecule has 0 aliphatic carbocycles. The second kappa shape index (κ2) is 6.04. The van der Waals surface area contributed by atoms with E-state index in [0.29, 0.717) is 6.54 Å². The maximum atomic E-state index is 11.3. The van der Waals surface area contributed by atoms with Gasteiger partial charge in [0.05, 0.1) is 18.2 Å². The van der Waals surface area contributed by atoms with Crippen molar-refractivity contribution < 1.29 is 13.9 Å². The number of amides is 1. The summed E-state index contributed by atoms with van der Waals surface area (Å²) in [5.41, 5.74) is 2.59. The maximum Gasteiger partial charge on any atom is 0.407 e. The first kappa shape index (κ1) is 13.1. The van der Waals surface area contributed by atoms with Gasteiger partial charge in [0, 0.05) is 23.9 Å². The van der Waals surface area contributed by atoms with Gasteiger partial charge in [-0.25, -0.2) is 4.79 Å². The van der Waals surface area contributed by atoms with Crippen LogP contribution in [0.2, 0.25) is 0 Å². The molecule has 2 aromatic rings. The zero-order valence-corrected chi connectivity index (χ0v) is 10.9. The molecule has 1 atom stereocenters. The number of aromatic nitrogens is 1. The van der Waals surface area contributed by atoms with Crippen molar-refractivity contribution in [1.82, 2.24) is 10.3 Å². The number of ether oxygens (including phenoxy) is 1. The van der Waals surface area contributed by atoms with Crippen molar-refractivity contribution in [3.8, 4) is 11.3 Å². The number of rotatable bonds is 4. The van der Waals surface area contributed by atoms with Crippen molar-refractivity contribution in [3.05, 3.63) is 42.5 Å². The summed E-state index contributed by atoms with van der Waals surface area (Å²) in [6.45, 7) is 4.19. The van der Waals surface area contributed by atoms with E-state index in [0.717, 1.165) is 16.8 Å². The summed E-state index contributed by atoms with van der Waals surface area (Å²) in [5, 5.41) is 2.59. The van der Waals surface area contributed by atoms with Crippen molar-refractivity contribution in [2.45, 2.75) is 20.0 Å². The third-order valence-electron chi connectivity index (χ3n) is 2.68. The van der Waals surface area contributed by atoms with Crippen molar-refractivity contribution in [3.63, 3.8) is 0 Å². The van der Waals surface area contributed by atoms with Gasteiger partial charge in [-0.3, -0.25) is 4.98 Å². The molecule has 100 valence electrons. The van der Waals surface area contributed by atoms with E-state index in [1.807, 2.05) is 32.0 Å². The first-order chi connectivity index (χ1) is 9.20. The molecule has 0 aliphatic rings. The van der Waals surface area contributed by atoms with Crippen LogP contribution in [0, 0.1) is 0 Å². The van der Waals surface area contributed by atoms with Crippen LogP contribution in [-0.2, 0) is 4.74 Å². The lowest BCUT2D eigenvalue weighted by Gasteiger charge is -2.13. The second-order valence-electron chi connectivity index (χ2n) is 4.07. The highest BCUT2D eigenvalue weighted by atomic mass is 16.6. The van der Waals surface area contributed by atoms with E-state index in [9.17, 15) is 4.79 Å². The van der Waals surface area contributed by atoms with Gasteiger partial charge >= 0.3 is 6.09 Å².